The smallest absolute Gasteiger partial charge is 0.344 e. The Balaban J connectivity index is 3.18. The molecule has 0 aliphatic rings. The summed E-state index contributed by atoms with van der Waals surface area (Å²) in [5.41, 5.74) is -5.39. The number of rotatable bonds is 3. The van der Waals surface area contributed by atoms with Crippen molar-refractivity contribution in [3.8, 4) is 18.2 Å². The van der Waals surface area contributed by atoms with Gasteiger partial charge >= 0.3 is 5.51 Å². The Labute approximate surface area is 116 Å². The second kappa shape index (κ2) is 6.51. The van der Waals surface area contributed by atoms with Crippen LogP contribution in [-0.2, 0) is 0 Å². The molecular formula is C12H5F3N4S. The molecule has 0 heterocycles. The summed E-state index contributed by atoms with van der Waals surface area (Å²) >= 11 is -0.354. The van der Waals surface area contributed by atoms with Gasteiger partial charge in [-0.05, 0) is 23.9 Å². The Hall–Kier alpha value is -2.63. The van der Waals surface area contributed by atoms with Crippen molar-refractivity contribution >= 4 is 17.4 Å². The lowest BCUT2D eigenvalue weighted by Crippen LogP contribution is -2.04. The van der Waals surface area contributed by atoms with Crippen LogP contribution in [0.25, 0.3) is 0 Å². The maximum atomic E-state index is 12.4. The minimum Gasteiger partial charge on any atom is -0.344 e. The molecule has 0 aliphatic heterocycles. The highest BCUT2D eigenvalue weighted by Gasteiger charge is 2.30. The standard InChI is InChI=1S/C12H5F3N4S/c13-12(14,15)20-11-4-2-1-3-9(11)19-10(7-18)8(5-16)6-17/h1-4,19H. The predicted molar refractivity (Wildman–Crippen MR) is 65.8 cm³/mol. The van der Waals surface area contributed by atoms with E-state index in [-0.39, 0.29) is 22.3 Å². The molecule has 0 saturated heterocycles. The molecule has 0 atom stereocenters. The van der Waals surface area contributed by atoms with Crippen molar-refractivity contribution in [2.75, 3.05) is 5.32 Å². The van der Waals surface area contributed by atoms with E-state index < -0.39 is 16.8 Å². The number of benzene rings is 1. The van der Waals surface area contributed by atoms with Gasteiger partial charge in [0.15, 0.2) is 5.57 Å². The van der Waals surface area contributed by atoms with E-state index >= 15 is 0 Å². The van der Waals surface area contributed by atoms with E-state index in [2.05, 4.69) is 5.32 Å². The zero-order chi connectivity index (χ0) is 15.2. The van der Waals surface area contributed by atoms with Crippen LogP contribution in [0.5, 0.6) is 0 Å². The minimum absolute atomic E-state index is 0.00521. The van der Waals surface area contributed by atoms with Gasteiger partial charge in [-0.3, -0.25) is 0 Å². The number of allylic oxidation sites excluding steroid dienone is 2. The predicted octanol–water partition coefficient (Wildman–Crippen LogP) is 3.54. The first kappa shape index (κ1) is 15.4. The number of thioether (sulfide) groups is 1. The van der Waals surface area contributed by atoms with Gasteiger partial charge in [0.05, 0.1) is 5.69 Å². The van der Waals surface area contributed by atoms with Crippen molar-refractivity contribution in [3.05, 3.63) is 35.5 Å². The summed E-state index contributed by atoms with van der Waals surface area (Å²) in [4.78, 5) is -0.164. The number of nitriles is 3. The molecule has 0 spiro atoms. The second-order valence-corrected chi connectivity index (χ2v) is 4.36. The highest BCUT2D eigenvalue weighted by atomic mass is 32.2. The number of para-hydroxylation sites is 1. The molecule has 0 radical (unpaired) electrons. The third kappa shape index (κ3) is 4.24. The zero-order valence-electron chi connectivity index (χ0n) is 9.69. The van der Waals surface area contributed by atoms with E-state index in [9.17, 15) is 13.2 Å². The molecule has 0 amide bonds. The fraction of sp³-hybridized carbons (Fsp3) is 0.0833. The van der Waals surface area contributed by atoms with Crippen molar-refractivity contribution in [3.63, 3.8) is 0 Å². The van der Waals surface area contributed by atoms with Gasteiger partial charge in [-0.15, -0.1) is 0 Å². The van der Waals surface area contributed by atoms with Crippen LogP contribution in [0.4, 0.5) is 18.9 Å². The molecule has 100 valence electrons. The number of nitrogens with zero attached hydrogens (tertiary/aromatic N) is 3. The number of halogens is 3. The quantitative estimate of drug-likeness (QED) is 0.681. The fourth-order valence-electron chi connectivity index (χ4n) is 1.20. The van der Waals surface area contributed by atoms with E-state index in [1.807, 2.05) is 0 Å². The van der Waals surface area contributed by atoms with Gasteiger partial charge in [-0.25, -0.2) is 0 Å². The van der Waals surface area contributed by atoms with E-state index in [1.54, 1.807) is 6.07 Å². The Kier molecular flexibility index (Phi) is 5.02. The summed E-state index contributed by atoms with van der Waals surface area (Å²) in [6, 6.07) is 9.98. The molecule has 0 fully saturated rings. The molecule has 4 nitrogen and oxygen atoms in total. The molecule has 1 aromatic carbocycles. The van der Waals surface area contributed by atoms with Gasteiger partial charge in [-0.1, -0.05) is 12.1 Å². The van der Waals surface area contributed by atoms with Gasteiger partial charge in [-0.2, -0.15) is 29.0 Å². The van der Waals surface area contributed by atoms with Gasteiger partial charge < -0.3 is 5.32 Å². The molecule has 1 rings (SSSR count). The number of anilines is 1. The maximum absolute atomic E-state index is 12.4. The SMILES string of the molecule is N#CC(C#N)=C(C#N)Nc1ccccc1SC(F)(F)F. The van der Waals surface area contributed by atoms with Crippen molar-refractivity contribution in [1.82, 2.24) is 0 Å². The first-order chi connectivity index (χ1) is 9.41. The molecule has 20 heavy (non-hydrogen) atoms. The van der Waals surface area contributed by atoms with Crippen LogP contribution in [0.2, 0.25) is 0 Å². The lowest BCUT2D eigenvalue weighted by atomic mass is 10.2. The summed E-state index contributed by atoms with van der Waals surface area (Å²) in [5.74, 6) is 0. The van der Waals surface area contributed by atoms with Crippen molar-refractivity contribution in [2.45, 2.75) is 10.4 Å². The molecule has 0 aliphatic carbocycles. The van der Waals surface area contributed by atoms with E-state index in [0.717, 1.165) is 0 Å². The zero-order valence-corrected chi connectivity index (χ0v) is 10.5. The number of hydrogen-bond donors (Lipinski definition) is 1. The van der Waals surface area contributed by atoms with Crippen molar-refractivity contribution in [1.29, 1.82) is 15.8 Å². The topological polar surface area (TPSA) is 83.4 Å². The van der Waals surface area contributed by atoms with Crippen LogP contribution in [0.1, 0.15) is 0 Å². The lowest BCUT2D eigenvalue weighted by Gasteiger charge is -2.12. The summed E-state index contributed by atoms with van der Waals surface area (Å²) in [5, 5.41) is 28.5. The fourth-order valence-corrected chi connectivity index (χ4v) is 1.83. The second-order valence-electron chi connectivity index (χ2n) is 3.25. The molecule has 0 aromatic heterocycles. The average Bonchev–Trinajstić information content (AvgIpc) is 2.39. The molecule has 0 saturated carbocycles. The van der Waals surface area contributed by atoms with Crippen LogP contribution >= 0.6 is 11.8 Å². The summed E-state index contributed by atoms with van der Waals surface area (Å²) < 4.78 is 37.2. The first-order valence-corrected chi connectivity index (χ1v) is 5.79. The van der Waals surface area contributed by atoms with Crippen LogP contribution < -0.4 is 5.32 Å². The molecule has 1 aromatic rings. The van der Waals surface area contributed by atoms with Gasteiger partial charge in [0.25, 0.3) is 0 Å². The lowest BCUT2D eigenvalue weighted by molar-refractivity contribution is -0.0327. The normalized spacial score (nSPS) is 9.80. The van der Waals surface area contributed by atoms with Crippen LogP contribution in [0.3, 0.4) is 0 Å². The van der Waals surface area contributed by atoms with Crippen LogP contribution in [-0.4, -0.2) is 5.51 Å². The van der Waals surface area contributed by atoms with E-state index in [1.165, 1.54) is 36.4 Å². The summed E-state index contributed by atoms with van der Waals surface area (Å²) in [6.07, 6.45) is 0. The van der Waals surface area contributed by atoms with Crippen LogP contribution in [0, 0.1) is 34.0 Å². The van der Waals surface area contributed by atoms with Gasteiger partial charge in [0.2, 0.25) is 0 Å². The monoisotopic (exact) mass is 294 g/mol. The Bertz CT molecular complexity index is 643. The van der Waals surface area contributed by atoms with E-state index in [4.69, 9.17) is 15.8 Å². The summed E-state index contributed by atoms with van der Waals surface area (Å²) in [6.45, 7) is 0. The largest absolute Gasteiger partial charge is 0.446 e. The van der Waals surface area contributed by atoms with Crippen LogP contribution in [0.15, 0.2) is 40.4 Å². The molecule has 0 unspecified atom stereocenters. The van der Waals surface area contributed by atoms with Gasteiger partial charge in [0, 0.05) is 4.90 Å². The molecular weight excluding hydrogens is 289 g/mol. The third-order valence-electron chi connectivity index (χ3n) is 1.96. The Morgan fingerprint density at radius 1 is 1.05 bits per heavy atom. The first-order valence-electron chi connectivity index (χ1n) is 4.97. The minimum atomic E-state index is -4.48. The maximum Gasteiger partial charge on any atom is 0.446 e. The molecule has 0 bridgehead atoms. The summed E-state index contributed by atoms with van der Waals surface area (Å²) in [7, 11) is 0. The Morgan fingerprint density at radius 2 is 1.65 bits per heavy atom. The molecule has 1 N–H and O–H groups in total. The highest BCUT2D eigenvalue weighted by Crippen LogP contribution is 2.40. The van der Waals surface area contributed by atoms with Crippen molar-refractivity contribution in [2.24, 2.45) is 0 Å². The van der Waals surface area contributed by atoms with Gasteiger partial charge in [0.1, 0.15) is 23.9 Å². The highest BCUT2D eigenvalue weighted by molar-refractivity contribution is 8.00. The average molecular weight is 294 g/mol. The van der Waals surface area contributed by atoms with Crippen molar-refractivity contribution < 1.29 is 13.2 Å². The number of hydrogen-bond acceptors (Lipinski definition) is 5. The number of alkyl halides is 3. The third-order valence-corrected chi connectivity index (χ3v) is 2.77. The Morgan fingerprint density at radius 3 is 2.15 bits per heavy atom. The molecule has 8 heteroatoms. The van der Waals surface area contributed by atoms with E-state index in [0.29, 0.717) is 0 Å². The number of nitrogens with one attached hydrogen (secondary N) is 1.